The maximum Gasteiger partial charge on any atom is 0.0611 e. The Balaban J connectivity index is 1.42. The van der Waals surface area contributed by atoms with Crippen LogP contribution in [0.2, 0.25) is 0 Å². The molecule has 1 aromatic rings. The van der Waals surface area contributed by atoms with E-state index in [4.69, 9.17) is 5.73 Å². The number of fused-ring (bicyclic) bond motifs is 1. The quantitative estimate of drug-likeness (QED) is 0.666. The Labute approximate surface area is 172 Å². The molecule has 0 amide bonds. The van der Waals surface area contributed by atoms with E-state index in [9.17, 15) is 5.11 Å². The van der Waals surface area contributed by atoms with Crippen LogP contribution in [0, 0.1) is 11.3 Å². The molecule has 2 saturated carbocycles. The molecule has 3 N–H and O–H groups in total. The number of rotatable bonds is 5. The Kier molecular flexibility index (Phi) is 6.18. The Morgan fingerprint density at radius 2 is 1.96 bits per heavy atom. The van der Waals surface area contributed by atoms with Gasteiger partial charge in [-0.25, -0.2) is 0 Å². The number of benzene rings is 1. The fourth-order valence-corrected chi connectivity index (χ4v) is 6.54. The summed E-state index contributed by atoms with van der Waals surface area (Å²) in [5, 5.41) is 9.59. The molecule has 0 heterocycles. The average Bonchev–Trinajstić information content (AvgIpc) is 3.01. The van der Waals surface area contributed by atoms with Crippen LogP contribution in [0.15, 0.2) is 18.2 Å². The van der Waals surface area contributed by atoms with Crippen LogP contribution >= 0.6 is 0 Å². The lowest BCUT2D eigenvalue weighted by Crippen LogP contribution is -2.40. The summed E-state index contributed by atoms with van der Waals surface area (Å²) in [4.78, 5) is 0. The first-order valence-corrected chi connectivity index (χ1v) is 12.1. The zero-order valence-electron chi connectivity index (χ0n) is 18.0. The molecule has 0 bridgehead atoms. The van der Waals surface area contributed by atoms with Crippen molar-refractivity contribution < 1.29 is 5.11 Å². The van der Waals surface area contributed by atoms with E-state index in [1.165, 1.54) is 76.2 Å². The monoisotopic (exact) mass is 383 g/mol. The Bertz CT molecular complexity index is 670. The molecule has 0 saturated heterocycles. The molecular weight excluding hydrogens is 342 g/mol. The van der Waals surface area contributed by atoms with Crippen molar-refractivity contribution in [2.75, 3.05) is 6.61 Å². The second-order valence-electron chi connectivity index (χ2n) is 10.6. The van der Waals surface area contributed by atoms with E-state index in [0.29, 0.717) is 11.3 Å². The SMILES string of the molecule is CCCCC1CCCC2(CCc3cc([C@H]4CC[C@](N)(CO)C4)ccc3C2)CC1. The molecule has 0 radical (unpaired) electrons. The number of nitrogens with two attached hydrogens (primary N) is 1. The van der Waals surface area contributed by atoms with Gasteiger partial charge >= 0.3 is 0 Å². The van der Waals surface area contributed by atoms with Crippen molar-refractivity contribution in [3.05, 3.63) is 34.9 Å². The van der Waals surface area contributed by atoms with Gasteiger partial charge in [-0.05, 0) is 91.7 Å². The van der Waals surface area contributed by atoms with E-state index >= 15 is 0 Å². The third-order valence-corrected chi connectivity index (χ3v) is 8.52. The van der Waals surface area contributed by atoms with E-state index in [1.807, 2.05) is 0 Å². The minimum atomic E-state index is -0.348. The lowest BCUT2D eigenvalue weighted by atomic mass is 9.67. The molecule has 2 fully saturated rings. The predicted octanol–water partition coefficient (Wildman–Crippen LogP) is 5.89. The molecule has 2 unspecified atom stereocenters. The third kappa shape index (κ3) is 4.33. The van der Waals surface area contributed by atoms with Crippen molar-refractivity contribution in [1.82, 2.24) is 0 Å². The summed E-state index contributed by atoms with van der Waals surface area (Å²) in [6.07, 6.45) is 18.5. The van der Waals surface area contributed by atoms with Crippen LogP contribution < -0.4 is 5.73 Å². The van der Waals surface area contributed by atoms with Gasteiger partial charge in [0.1, 0.15) is 0 Å². The van der Waals surface area contributed by atoms with Crippen molar-refractivity contribution in [3.8, 4) is 0 Å². The van der Waals surface area contributed by atoms with Gasteiger partial charge in [0.25, 0.3) is 0 Å². The minimum absolute atomic E-state index is 0.121. The van der Waals surface area contributed by atoms with Crippen molar-refractivity contribution >= 4 is 0 Å². The van der Waals surface area contributed by atoms with E-state index in [-0.39, 0.29) is 12.1 Å². The van der Waals surface area contributed by atoms with Crippen LogP contribution in [0.25, 0.3) is 0 Å². The highest BCUT2D eigenvalue weighted by molar-refractivity contribution is 5.37. The first kappa shape index (κ1) is 20.4. The van der Waals surface area contributed by atoms with Gasteiger partial charge in [0, 0.05) is 5.54 Å². The molecule has 0 aliphatic heterocycles. The number of aliphatic hydroxyl groups excluding tert-OH is 1. The summed E-state index contributed by atoms with van der Waals surface area (Å²) in [5.74, 6) is 1.53. The van der Waals surface area contributed by atoms with Crippen LogP contribution in [0.3, 0.4) is 0 Å². The van der Waals surface area contributed by atoms with Gasteiger partial charge in [0.2, 0.25) is 0 Å². The molecule has 2 nitrogen and oxygen atoms in total. The number of hydrogen-bond acceptors (Lipinski definition) is 2. The maximum atomic E-state index is 9.59. The van der Waals surface area contributed by atoms with Gasteiger partial charge in [-0.3, -0.25) is 0 Å². The first-order valence-electron chi connectivity index (χ1n) is 12.1. The van der Waals surface area contributed by atoms with E-state index in [2.05, 4.69) is 25.1 Å². The van der Waals surface area contributed by atoms with Gasteiger partial charge in [-0.15, -0.1) is 0 Å². The van der Waals surface area contributed by atoms with Crippen molar-refractivity contribution in [3.63, 3.8) is 0 Å². The lowest BCUT2D eigenvalue weighted by molar-refractivity contribution is 0.198. The van der Waals surface area contributed by atoms with Gasteiger partial charge < -0.3 is 10.8 Å². The van der Waals surface area contributed by atoms with Crippen molar-refractivity contribution in [2.24, 2.45) is 17.1 Å². The van der Waals surface area contributed by atoms with Crippen LogP contribution in [-0.2, 0) is 12.8 Å². The highest BCUT2D eigenvalue weighted by Crippen LogP contribution is 2.48. The third-order valence-electron chi connectivity index (χ3n) is 8.52. The Morgan fingerprint density at radius 1 is 1.07 bits per heavy atom. The molecule has 156 valence electrons. The van der Waals surface area contributed by atoms with E-state index < -0.39 is 0 Å². The van der Waals surface area contributed by atoms with E-state index in [0.717, 1.165) is 25.2 Å². The molecule has 0 aromatic heterocycles. The Morgan fingerprint density at radius 3 is 2.75 bits per heavy atom. The lowest BCUT2D eigenvalue weighted by Gasteiger charge is -2.38. The molecule has 3 aliphatic rings. The fraction of sp³-hybridized carbons (Fsp3) is 0.769. The topological polar surface area (TPSA) is 46.2 Å². The molecule has 4 atom stereocenters. The highest BCUT2D eigenvalue weighted by Gasteiger charge is 2.38. The van der Waals surface area contributed by atoms with Crippen molar-refractivity contribution in [1.29, 1.82) is 0 Å². The van der Waals surface area contributed by atoms with Crippen LogP contribution in [-0.4, -0.2) is 17.3 Å². The second-order valence-corrected chi connectivity index (χ2v) is 10.6. The molecule has 1 spiro atoms. The van der Waals surface area contributed by atoms with Crippen LogP contribution in [0.4, 0.5) is 0 Å². The fourth-order valence-electron chi connectivity index (χ4n) is 6.54. The van der Waals surface area contributed by atoms with Crippen LogP contribution in [0.5, 0.6) is 0 Å². The van der Waals surface area contributed by atoms with Crippen molar-refractivity contribution in [2.45, 2.75) is 108 Å². The Hall–Kier alpha value is -0.860. The molecule has 1 aromatic carbocycles. The molecule has 2 heteroatoms. The van der Waals surface area contributed by atoms with Gasteiger partial charge in [0.05, 0.1) is 6.61 Å². The van der Waals surface area contributed by atoms with Crippen LogP contribution in [0.1, 0.15) is 107 Å². The summed E-state index contributed by atoms with van der Waals surface area (Å²) < 4.78 is 0. The molecule has 3 aliphatic carbocycles. The first-order chi connectivity index (χ1) is 13.5. The summed E-state index contributed by atoms with van der Waals surface area (Å²) in [5.41, 5.74) is 11.3. The average molecular weight is 384 g/mol. The van der Waals surface area contributed by atoms with Gasteiger partial charge in [-0.1, -0.05) is 57.2 Å². The summed E-state index contributed by atoms with van der Waals surface area (Å²) in [6, 6.07) is 7.32. The van der Waals surface area contributed by atoms with E-state index in [1.54, 1.807) is 11.1 Å². The molecule has 4 rings (SSSR count). The minimum Gasteiger partial charge on any atom is -0.394 e. The zero-order chi connectivity index (χ0) is 19.6. The largest absolute Gasteiger partial charge is 0.394 e. The number of aryl methyl sites for hydroxylation is 1. The molecular formula is C26H41NO. The van der Waals surface area contributed by atoms with Gasteiger partial charge in [-0.2, -0.15) is 0 Å². The summed E-state index contributed by atoms with van der Waals surface area (Å²) >= 11 is 0. The number of aliphatic hydroxyl groups is 1. The smallest absolute Gasteiger partial charge is 0.0611 e. The standard InChI is InChI=1S/C26H41NO/c1-2-3-5-20-6-4-12-25(13-9-20)14-10-22-16-21(7-8-23(22)17-25)24-11-15-26(27,18-24)19-28/h7-8,16,20,24,28H,2-6,9-15,17-19,27H2,1H3/t20?,24-,25?,26+/m0/s1. The summed E-state index contributed by atoms with van der Waals surface area (Å²) in [6.45, 7) is 2.45. The normalized spacial score (nSPS) is 35.7. The highest BCUT2D eigenvalue weighted by atomic mass is 16.3. The maximum absolute atomic E-state index is 9.59. The zero-order valence-corrected chi connectivity index (χ0v) is 18.0. The number of unbranched alkanes of at least 4 members (excludes halogenated alkanes) is 1. The molecule has 28 heavy (non-hydrogen) atoms. The predicted molar refractivity (Wildman–Crippen MR) is 118 cm³/mol. The second kappa shape index (κ2) is 8.48. The summed E-state index contributed by atoms with van der Waals surface area (Å²) in [7, 11) is 0. The van der Waals surface area contributed by atoms with Gasteiger partial charge in [0.15, 0.2) is 0 Å². The number of hydrogen-bond donors (Lipinski definition) is 2.